The van der Waals surface area contributed by atoms with Crippen LogP contribution in [0.2, 0.25) is 10.0 Å². The fourth-order valence-corrected chi connectivity index (χ4v) is 16.2. The first-order valence-corrected chi connectivity index (χ1v) is 36.0. The number of piperidine rings is 3. The van der Waals surface area contributed by atoms with Crippen LogP contribution in [0.15, 0.2) is 85.3 Å². The van der Waals surface area contributed by atoms with Crippen molar-refractivity contribution in [3.05, 3.63) is 161 Å². The van der Waals surface area contributed by atoms with Gasteiger partial charge in [0.1, 0.15) is 17.5 Å². The Balaban J connectivity index is 0.000000130. The minimum atomic E-state index is -0.505. The van der Waals surface area contributed by atoms with Crippen molar-refractivity contribution in [1.29, 1.82) is 0 Å². The van der Waals surface area contributed by atoms with Gasteiger partial charge in [-0.15, -0.1) is 11.3 Å². The lowest BCUT2D eigenvalue weighted by Gasteiger charge is -2.35. The number of carbonyl (C=O) groups is 4. The molecule has 6 aliphatic rings. The normalized spacial score (nSPS) is 21.5. The van der Waals surface area contributed by atoms with Crippen LogP contribution in [0.1, 0.15) is 201 Å². The number of rotatable bonds is 10. The van der Waals surface area contributed by atoms with Crippen LogP contribution in [0.3, 0.4) is 0 Å². The topological polar surface area (TPSA) is 204 Å². The summed E-state index contributed by atoms with van der Waals surface area (Å²) in [7, 11) is 0. The predicted octanol–water partition coefficient (Wildman–Crippen LogP) is 13.8. The Morgan fingerprint density at radius 3 is 1.25 bits per heavy atom. The summed E-state index contributed by atoms with van der Waals surface area (Å²) in [5.74, 6) is 4.65. The van der Waals surface area contributed by atoms with E-state index < -0.39 is 5.91 Å². The molecular formula is C73H88Cl2N16O4S. The molecule has 96 heavy (non-hydrogen) atoms. The monoisotopic (exact) mass is 1350 g/mol. The van der Waals surface area contributed by atoms with Gasteiger partial charge in [-0.3, -0.25) is 19.2 Å². The summed E-state index contributed by atoms with van der Waals surface area (Å²) in [6.45, 7) is 25.4. The van der Waals surface area contributed by atoms with Gasteiger partial charge in [-0.25, -0.2) is 28.5 Å². The Bertz CT molecular complexity index is 4270. The van der Waals surface area contributed by atoms with Gasteiger partial charge in [0.2, 0.25) is 0 Å². The molecule has 9 aromatic rings. The number of hydrogen-bond acceptors (Lipinski definition) is 14. The fourth-order valence-electron chi connectivity index (χ4n) is 15.0. The Labute approximate surface area is 575 Å². The van der Waals surface area contributed by atoms with Crippen molar-refractivity contribution in [3.63, 3.8) is 0 Å². The van der Waals surface area contributed by atoms with Crippen molar-refractivity contribution < 1.29 is 19.2 Å². The first-order chi connectivity index (χ1) is 46.2. The number of primary amides is 1. The minimum Gasteiger partial charge on any atom is -0.365 e. The molecule has 0 radical (unpaired) electrons. The van der Waals surface area contributed by atoms with E-state index in [0.717, 1.165) is 194 Å². The highest BCUT2D eigenvalue weighted by molar-refractivity contribution is 7.15. The number of benzene rings is 2. The summed E-state index contributed by atoms with van der Waals surface area (Å²) in [6, 6.07) is 20.4. The minimum absolute atomic E-state index is 0.0173. The molecule has 504 valence electrons. The van der Waals surface area contributed by atoms with Crippen LogP contribution in [-0.4, -0.2) is 141 Å². The Morgan fingerprint density at radius 1 is 0.448 bits per heavy atom. The second-order valence-corrected chi connectivity index (χ2v) is 29.7. The highest BCUT2D eigenvalue weighted by Crippen LogP contribution is 2.39. The van der Waals surface area contributed by atoms with E-state index in [-0.39, 0.29) is 35.8 Å². The van der Waals surface area contributed by atoms with Crippen molar-refractivity contribution in [2.24, 2.45) is 23.5 Å². The molecular weight excluding hydrogens is 1270 g/mol. The molecule has 0 unspecified atom stereocenters. The molecule has 13 heterocycles. The zero-order valence-electron chi connectivity index (χ0n) is 56.5. The molecule has 2 aromatic carbocycles. The average molecular weight is 1360 g/mol. The summed E-state index contributed by atoms with van der Waals surface area (Å²) in [5, 5.41) is 15.7. The maximum Gasteiger partial charge on any atom is 0.264 e. The van der Waals surface area contributed by atoms with E-state index in [1.54, 1.807) is 18.2 Å². The van der Waals surface area contributed by atoms with Crippen LogP contribution in [0, 0.1) is 52.4 Å². The number of aryl methyl sites for hydroxylation is 5. The molecule has 6 saturated heterocycles. The van der Waals surface area contributed by atoms with E-state index in [0.29, 0.717) is 61.8 Å². The fraction of sp³-hybridized carbons (Fsp3) is 0.479. The summed E-state index contributed by atoms with van der Waals surface area (Å²) in [5.41, 5.74) is 17.0. The van der Waals surface area contributed by atoms with Crippen LogP contribution in [0.4, 0.5) is 17.5 Å². The molecule has 7 aromatic heterocycles. The largest absolute Gasteiger partial charge is 0.365 e. The summed E-state index contributed by atoms with van der Waals surface area (Å²) in [4.78, 5) is 80.4. The lowest BCUT2D eigenvalue weighted by molar-refractivity contribution is 0.0598. The maximum atomic E-state index is 13.5. The number of fused-ring (bicyclic) bond motifs is 3. The molecule has 2 N–H and O–H groups in total. The number of carbonyl (C=O) groups excluding carboxylic acids is 4. The first-order valence-electron chi connectivity index (χ1n) is 34.4. The van der Waals surface area contributed by atoms with Crippen LogP contribution >= 0.6 is 34.5 Å². The van der Waals surface area contributed by atoms with E-state index in [2.05, 4.69) is 80.8 Å². The predicted molar refractivity (Wildman–Crippen MR) is 379 cm³/mol. The van der Waals surface area contributed by atoms with Crippen molar-refractivity contribution >= 4 is 92.6 Å². The molecule has 20 nitrogen and oxygen atoms in total. The van der Waals surface area contributed by atoms with Crippen molar-refractivity contribution in [2.45, 2.75) is 151 Å². The Hall–Kier alpha value is -8.14. The van der Waals surface area contributed by atoms with Crippen molar-refractivity contribution in [2.75, 3.05) is 73.6 Å². The van der Waals surface area contributed by atoms with E-state index in [4.69, 9.17) is 59.2 Å². The average Bonchev–Trinajstić information content (AvgIpc) is 1.59. The first kappa shape index (κ1) is 66.5. The Morgan fingerprint density at radius 2 is 0.854 bits per heavy atom. The van der Waals surface area contributed by atoms with Crippen LogP contribution in [-0.2, 0) is 0 Å². The SMILES string of the molecule is Cc1ccc(Cl)cc1C(=O)N1CCCC[C@H]1c1cc2nc(N3CC[C@H](C)C3)c(C)cn2n1.Cc1cn2nc([C@@H]3CCCCN3C(=O)c3ccc(C(N)=O)s3)cc2nc1N1CC[C@H](C)C1.Cc1cn2nc([C@@H]3CCCCN3C(=O)c3cccc(C)c3Cl)cc2nc1N1CC[C@H](C)C1. The van der Waals surface area contributed by atoms with Gasteiger partial charge in [0, 0.05) is 123 Å². The van der Waals surface area contributed by atoms with Gasteiger partial charge in [0.05, 0.1) is 55.5 Å². The number of anilines is 3. The van der Waals surface area contributed by atoms with Gasteiger partial charge in [-0.05, 0) is 171 Å². The van der Waals surface area contributed by atoms with Gasteiger partial charge in [-0.2, -0.15) is 15.3 Å². The van der Waals surface area contributed by atoms with Crippen LogP contribution < -0.4 is 20.4 Å². The zero-order chi connectivity index (χ0) is 67.2. The molecule has 6 atom stereocenters. The molecule has 6 fully saturated rings. The number of halogens is 2. The second kappa shape index (κ2) is 28.1. The zero-order valence-corrected chi connectivity index (χ0v) is 58.8. The molecule has 6 aliphatic heterocycles. The highest BCUT2D eigenvalue weighted by Gasteiger charge is 2.36. The third-order valence-corrected chi connectivity index (χ3v) is 22.1. The summed E-state index contributed by atoms with van der Waals surface area (Å²) in [6.07, 6.45) is 18.6. The number of nitrogens with two attached hydrogens (primary N) is 1. The smallest absolute Gasteiger partial charge is 0.264 e. The van der Waals surface area contributed by atoms with Gasteiger partial charge in [0.15, 0.2) is 16.9 Å². The van der Waals surface area contributed by atoms with Crippen LogP contribution in [0.5, 0.6) is 0 Å². The second-order valence-electron chi connectivity index (χ2n) is 27.8. The molecule has 4 amide bonds. The molecule has 0 aliphatic carbocycles. The molecule has 0 spiro atoms. The number of thiophene rings is 1. The third kappa shape index (κ3) is 13.8. The lowest BCUT2D eigenvalue weighted by Crippen LogP contribution is -2.39. The molecule has 23 heteroatoms. The Kier molecular flexibility index (Phi) is 19.5. The summed E-state index contributed by atoms with van der Waals surface area (Å²) >= 11 is 13.8. The van der Waals surface area contributed by atoms with E-state index in [9.17, 15) is 19.2 Å². The molecule has 0 saturated carbocycles. The van der Waals surface area contributed by atoms with E-state index in [1.807, 2.05) is 84.7 Å². The number of nitrogens with zero attached hydrogens (tertiary/aromatic N) is 15. The van der Waals surface area contributed by atoms with Gasteiger partial charge in [0.25, 0.3) is 23.6 Å². The van der Waals surface area contributed by atoms with E-state index >= 15 is 0 Å². The lowest BCUT2D eigenvalue weighted by atomic mass is 9.97. The van der Waals surface area contributed by atoms with Crippen molar-refractivity contribution in [1.82, 2.24) is 58.5 Å². The van der Waals surface area contributed by atoms with Gasteiger partial charge in [-0.1, -0.05) is 62.2 Å². The maximum absolute atomic E-state index is 13.5. The summed E-state index contributed by atoms with van der Waals surface area (Å²) < 4.78 is 5.57. The quantitative estimate of drug-likeness (QED) is 0.135. The highest BCUT2D eigenvalue weighted by atomic mass is 35.5. The number of hydrogen-bond donors (Lipinski definition) is 1. The number of aromatic nitrogens is 9. The van der Waals surface area contributed by atoms with Gasteiger partial charge >= 0.3 is 0 Å². The third-order valence-electron chi connectivity index (χ3n) is 20.3. The van der Waals surface area contributed by atoms with E-state index in [1.165, 1.54) is 19.3 Å². The van der Waals surface area contributed by atoms with Crippen molar-refractivity contribution in [3.8, 4) is 0 Å². The standard InChI is InChI=1S/2C25H30ClN5O.C23H28N6O2S/c1-16-10-12-29(14-16)24-18(3)15-31-22(27-24)13-20(28-31)21-9-4-5-11-30(21)25(32)19-8-6-7-17(2)23(19)26;1-16-9-11-29(14-16)24-18(3)15-31-23(27-24)13-21(28-31)22-6-4-5-10-30(22)25(32)20-12-19(26)8-7-17(20)2;1-14-8-10-27(12-14)22-15(2)13-29-20(25-22)11-16(26-29)17-5-3-4-9-28(17)23(31)19-7-6-18(32-19)21(24)30/h6-8,13,15-16,21H,4-5,9-12,14H2,1-3H3;7-8,12-13,15-16,22H,4-6,9-11,14H2,1-3H3;6-7,11,13-14,17H,3-5,8-10,12H2,1-2H3,(H2,24,30)/t16-,21-;16-,22-;14-,17-/m000/s1. The van der Waals surface area contributed by atoms with Crippen LogP contribution in [0.25, 0.3) is 16.9 Å². The number of likely N-dealkylation sites (tertiary alicyclic amines) is 3. The number of amides is 4. The molecule has 15 rings (SSSR count). The molecule has 0 bridgehead atoms. The van der Waals surface area contributed by atoms with Gasteiger partial charge < -0.3 is 35.1 Å².